The number of aliphatic hydroxyl groups excluding tert-OH is 12. The van der Waals surface area contributed by atoms with Crippen molar-refractivity contribution in [2.45, 2.75) is 263 Å². The van der Waals surface area contributed by atoms with E-state index < -0.39 is 252 Å². The smallest absolute Gasteiger partial charge is 0.217 e. The minimum atomic E-state index is -1.82. The lowest BCUT2D eigenvalue weighted by atomic mass is 9.93. The highest BCUT2D eigenvalue weighted by Crippen LogP contribution is 2.38. The molecule has 35 nitrogen and oxygen atoms in total. The van der Waals surface area contributed by atoms with Crippen LogP contribution in [0.15, 0.2) is 0 Å². The molecule has 0 radical (unpaired) electrons. The van der Waals surface area contributed by atoms with Gasteiger partial charge >= 0.3 is 0 Å². The Morgan fingerprint density at radius 2 is 0.639 bits per heavy atom. The van der Waals surface area contributed by atoms with Gasteiger partial charge in [-0.25, -0.2) is 0 Å². The van der Waals surface area contributed by atoms with Gasteiger partial charge in [-0.15, -0.1) is 0 Å². The van der Waals surface area contributed by atoms with E-state index in [2.05, 4.69) is 16.0 Å². The molecule has 0 bridgehead atoms. The Labute approximate surface area is 475 Å². The molecule has 7 rings (SSSR count). The largest absolute Gasteiger partial charge is 0.394 e. The van der Waals surface area contributed by atoms with Crippen molar-refractivity contribution in [3.05, 3.63) is 0 Å². The van der Waals surface area contributed by atoms with Crippen molar-refractivity contribution in [2.24, 2.45) is 22.9 Å². The van der Waals surface area contributed by atoms with Crippen LogP contribution in [0.1, 0.15) is 48.5 Å². The summed E-state index contributed by atoms with van der Waals surface area (Å²) in [5, 5.41) is 137. The normalized spacial score (nSPS) is 50.7. The van der Waals surface area contributed by atoms with E-state index in [-0.39, 0.29) is 0 Å². The fourth-order valence-electron chi connectivity index (χ4n) is 11.3. The summed E-state index contributed by atoms with van der Waals surface area (Å²) in [4.78, 5) is 36.9. The van der Waals surface area contributed by atoms with Crippen LogP contribution in [-0.2, 0) is 76.0 Å². The summed E-state index contributed by atoms with van der Waals surface area (Å²) in [5.74, 6) is -2.03. The van der Waals surface area contributed by atoms with Crippen LogP contribution in [0.5, 0.6) is 0 Å². The fourth-order valence-corrected chi connectivity index (χ4v) is 11.3. The van der Waals surface area contributed by atoms with Crippen molar-refractivity contribution in [1.29, 1.82) is 0 Å². The molecule has 7 fully saturated rings. The van der Waals surface area contributed by atoms with Gasteiger partial charge in [0.05, 0.1) is 74.5 Å². The zero-order valence-electron chi connectivity index (χ0n) is 46.5. The van der Waals surface area contributed by atoms with Crippen LogP contribution in [0.4, 0.5) is 0 Å². The topological polar surface area (TPSA) is 554 Å². The number of amides is 3. The monoisotopic (exact) mass is 1210 g/mol. The first-order valence-corrected chi connectivity index (χ1v) is 27.3. The number of nitrogens with two attached hydrogens (primary N) is 4. The molecule has 0 saturated carbocycles. The Morgan fingerprint density at radius 1 is 0.349 bits per heavy atom. The summed E-state index contributed by atoms with van der Waals surface area (Å²) < 4.78 is 79.8. The first kappa shape index (κ1) is 67.8. The van der Waals surface area contributed by atoms with Crippen molar-refractivity contribution < 1.29 is 137 Å². The highest BCUT2D eigenvalue weighted by Gasteiger charge is 2.58. The predicted octanol–water partition coefficient (Wildman–Crippen LogP) is -11.9. The Bertz CT molecular complexity index is 2130. The summed E-state index contributed by atoms with van der Waals surface area (Å²) in [6.07, 6.45) is -42.9. The van der Waals surface area contributed by atoms with Crippen LogP contribution in [0.2, 0.25) is 0 Å². The molecule has 3 amide bonds. The van der Waals surface area contributed by atoms with Crippen molar-refractivity contribution in [3.8, 4) is 0 Å². The Morgan fingerprint density at radius 3 is 1.02 bits per heavy atom. The third-order valence-corrected chi connectivity index (χ3v) is 15.9. The fraction of sp³-hybridized carbons (Fsp3) is 0.938. The molecule has 35 heteroatoms. The lowest BCUT2D eigenvalue weighted by Crippen LogP contribution is -2.71. The van der Waals surface area contributed by atoms with E-state index in [1.54, 1.807) is 0 Å². The van der Waals surface area contributed by atoms with Gasteiger partial charge in [0, 0.05) is 20.8 Å². The summed E-state index contributed by atoms with van der Waals surface area (Å²) in [6, 6.07) is -10.1. The standard InChI is InChI=1S/C48H85N7O28/c1-11-28(62)21(49)40(82-44-26(54-16(6)60)34(68)30(64)19(9-57)76-44)47(72-11)80-38-14(4)74-48(41(24(38)52)83-45-27(55-17(7)61)35(69)31(65)20(10-58)77-45)79-36-13(3)73-46(32(66)22(36)50)78-37-12(2)71-42(70)39(23(37)51)81-43-25(53-15(5)59)33(67)29(63)18(8-56)75-43/h11-14,18-48,56-58,62-70H,8-10,49-52H2,1-7H3,(H,53,59)(H,54,60)(H,55,61)/t11-,12-,13-,14-,18-,19-,20-,21+,22-,23+,24+,25-,26-,27-,28-,29+,30+,31+,32-,33-,34-,35-,36-,37-,38-,39-,40-,41-,42-,43-,44-,45-,46+,47+,48+/m1/s1. The van der Waals surface area contributed by atoms with Gasteiger partial charge < -0.3 is 162 Å². The van der Waals surface area contributed by atoms with E-state index in [4.69, 9.17) is 84.5 Å². The number of aliphatic hydroxyl groups is 12. The molecule has 0 spiro atoms. The molecule has 0 unspecified atom stereocenters. The van der Waals surface area contributed by atoms with E-state index >= 15 is 0 Å². The van der Waals surface area contributed by atoms with Gasteiger partial charge in [0.25, 0.3) is 0 Å². The third-order valence-electron chi connectivity index (χ3n) is 15.9. The molecule has 0 aromatic carbocycles. The number of hydrogen-bond donors (Lipinski definition) is 19. The number of hydrogen-bond acceptors (Lipinski definition) is 32. The van der Waals surface area contributed by atoms with Gasteiger partial charge in [-0.1, -0.05) is 0 Å². The highest BCUT2D eigenvalue weighted by molar-refractivity contribution is 5.74. The number of rotatable bonds is 18. The second-order valence-corrected chi connectivity index (χ2v) is 22.1. The molecule has 0 aliphatic carbocycles. The molecule has 7 aliphatic rings. The Hall–Kier alpha value is -2.75. The van der Waals surface area contributed by atoms with E-state index in [0.717, 1.165) is 20.8 Å². The van der Waals surface area contributed by atoms with E-state index in [1.807, 2.05) is 0 Å². The summed E-state index contributed by atoms with van der Waals surface area (Å²) in [5.41, 5.74) is 27.0. The molecule has 23 N–H and O–H groups in total. The molecular weight excluding hydrogens is 1120 g/mol. The minimum Gasteiger partial charge on any atom is -0.394 e. The van der Waals surface area contributed by atoms with Crippen LogP contribution in [-0.4, -0.2) is 313 Å². The number of carbonyl (C=O) groups is 3. The Kier molecular flexibility index (Phi) is 23.3. The molecule has 7 heterocycles. The maximum atomic E-state index is 12.5. The van der Waals surface area contributed by atoms with Gasteiger partial charge in [-0.2, -0.15) is 0 Å². The van der Waals surface area contributed by atoms with Crippen LogP contribution < -0.4 is 38.9 Å². The lowest BCUT2D eigenvalue weighted by molar-refractivity contribution is -0.381. The summed E-state index contributed by atoms with van der Waals surface area (Å²) in [7, 11) is 0. The van der Waals surface area contributed by atoms with Crippen molar-refractivity contribution >= 4 is 17.7 Å². The van der Waals surface area contributed by atoms with Gasteiger partial charge in [0.2, 0.25) is 17.7 Å². The van der Waals surface area contributed by atoms with Crippen LogP contribution in [0.25, 0.3) is 0 Å². The zero-order chi connectivity index (χ0) is 61.4. The molecule has 0 aromatic rings. The zero-order valence-corrected chi connectivity index (χ0v) is 46.5. The Balaban J connectivity index is 1.13. The van der Waals surface area contributed by atoms with E-state index in [9.17, 15) is 75.7 Å². The predicted molar refractivity (Wildman–Crippen MR) is 269 cm³/mol. The first-order valence-electron chi connectivity index (χ1n) is 27.3. The van der Waals surface area contributed by atoms with Crippen molar-refractivity contribution in [2.75, 3.05) is 19.8 Å². The molecule has 7 aliphatic heterocycles. The van der Waals surface area contributed by atoms with Crippen LogP contribution >= 0.6 is 0 Å². The number of ether oxygens (including phenoxy) is 13. The molecule has 0 aromatic heterocycles. The van der Waals surface area contributed by atoms with Crippen LogP contribution in [0.3, 0.4) is 0 Å². The minimum absolute atomic E-state index is 0.653. The number of carbonyl (C=O) groups excluding carboxylic acids is 3. The van der Waals surface area contributed by atoms with Crippen LogP contribution in [0, 0.1) is 0 Å². The maximum absolute atomic E-state index is 12.5. The van der Waals surface area contributed by atoms with Gasteiger partial charge in [0.15, 0.2) is 44.0 Å². The van der Waals surface area contributed by atoms with Crippen molar-refractivity contribution in [1.82, 2.24) is 16.0 Å². The molecule has 7 saturated heterocycles. The van der Waals surface area contributed by atoms with Crippen molar-refractivity contribution in [3.63, 3.8) is 0 Å². The third kappa shape index (κ3) is 14.7. The summed E-state index contributed by atoms with van der Waals surface area (Å²) >= 11 is 0. The molecule has 35 atom stereocenters. The second-order valence-electron chi connectivity index (χ2n) is 22.1. The van der Waals surface area contributed by atoms with Gasteiger partial charge in [-0.3, -0.25) is 14.4 Å². The number of nitrogens with one attached hydrogen (secondary N) is 3. The molecular formula is C48H85N7O28. The average molecular weight is 1210 g/mol. The SMILES string of the molecule is CC(=O)N[C@H]1[C@@H](O[C@@H]2[C@@H](N)[C@H](O[C@@H]3O[C@H](C)[C@@H](O[C@@H]4O[C@H](C)[C@@H](O[C@@H]5O[C@H](C)[C@@H](O)[C@H](N)[C@H]5O[C@H]5O[C@H](CO)[C@H](O)[C@H](O)[C@H]5NC(C)=O)[C@H](N)[C@H]4O[C@H]4O[C@H](CO)[C@H](O)[C@H](O)[C@H]4NC(C)=O)[C@H](N)[C@H]3O)[C@@H](C)O[C@H]2O)O[C@H](CO)[C@H](O)[C@@H]1O. The highest BCUT2D eigenvalue weighted by atomic mass is 16.8. The summed E-state index contributed by atoms with van der Waals surface area (Å²) in [6.45, 7) is 6.87. The van der Waals surface area contributed by atoms with Gasteiger partial charge in [0.1, 0.15) is 116 Å². The first-order chi connectivity index (χ1) is 39.0. The lowest BCUT2D eigenvalue weighted by Gasteiger charge is -2.52. The molecule has 480 valence electrons. The maximum Gasteiger partial charge on any atom is 0.217 e. The van der Waals surface area contributed by atoms with E-state index in [0.29, 0.717) is 0 Å². The average Bonchev–Trinajstić information content (AvgIpc) is 2.75. The molecule has 83 heavy (non-hydrogen) atoms. The quantitative estimate of drug-likeness (QED) is 0.0606. The van der Waals surface area contributed by atoms with E-state index in [1.165, 1.54) is 27.7 Å². The van der Waals surface area contributed by atoms with Gasteiger partial charge in [-0.05, 0) is 27.7 Å². The second kappa shape index (κ2) is 28.6.